The van der Waals surface area contributed by atoms with E-state index in [4.69, 9.17) is 14.0 Å². The Hall–Kier alpha value is -4.14. The number of anilines is 1. The Bertz CT molecular complexity index is 1210. The van der Waals surface area contributed by atoms with Crippen LogP contribution in [0.1, 0.15) is 35.4 Å². The van der Waals surface area contributed by atoms with Gasteiger partial charge in [0.2, 0.25) is 11.8 Å². The first-order chi connectivity index (χ1) is 17.4. The summed E-state index contributed by atoms with van der Waals surface area (Å²) in [7, 11) is 1.57. The first-order valence-electron chi connectivity index (χ1n) is 11.9. The van der Waals surface area contributed by atoms with Gasteiger partial charge < -0.3 is 24.2 Å². The van der Waals surface area contributed by atoms with Crippen LogP contribution in [0.15, 0.2) is 53.2 Å². The van der Waals surface area contributed by atoms with E-state index in [1.54, 1.807) is 42.5 Å². The molecule has 0 unspecified atom stereocenters. The lowest BCUT2D eigenvalue weighted by molar-refractivity contribution is -0.130. The number of carbonyl (C=O) groups is 2. The van der Waals surface area contributed by atoms with Crippen LogP contribution in [0.3, 0.4) is 0 Å². The number of aryl methyl sites for hydroxylation is 2. The number of pyridine rings is 1. The largest absolute Gasteiger partial charge is 0.493 e. The maximum Gasteiger partial charge on any atom is 0.246 e. The van der Waals surface area contributed by atoms with Gasteiger partial charge in [0, 0.05) is 31.3 Å². The SMILES string of the molecule is COc1cc(C=CC(=O)N2CCC(C(=O)Nc3ccccn3)CC2)ccc1OCc1c(C)noc1C. The summed E-state index contributed by atoms with van der Waals surface area (Å²) in [4.78, 5) is 31.1. The molecule has 188 valence electrons. The van der Waals surface area contributed by atoms with Crippen LogP contribution < -0.4 is 14.8 Å². The highest BCUT2D eigenvalue weighted by Gasteiger charge is 2.26. The molecule has 0 radical (unpaired) electrons. The third-order valence-electron chi connectivity index (χ3n) is 6.25. The standard InChI is InChI=1S/C27H30N4O5/c1-18-22(19(2)36-30-18)17-35-23-9-7-20(16-24(23)34-3)8-10-26(32)31-14-11-21(12-15-31)27(33)29-25-6-4-5-13-28-25/h4-10,13,16,21H,11-12,14-15,17H2,1-3H3,(H,28,29,33). The zero-order valence-electron chi connectivity index (χ0n) is 20.7. The topological polar surface area (TPSA) is 107 Å². The molecule has 9 nitrogen and oxygen atoms in total. The first-order valence-corrected chi connectivity index (χ1v) is 11.9. The maximum atomic E-state index is 12.7. The second-order valence-corrected chi connectivity index (χ2v) is 8.64. The number of carbonyl (C=O) groups excluding carboxylic acids is 2. The lowest BCUT2D eigenvalue weighted by Gasteiger charge is -2.30. The average Bonchev–Trinajstić information content (AvgIpc) is 3.23. The minimum atomic E-state index is -0.137. The van der Waals surface area contributed by atoms with Crippen LogP contribution in [0.25, 0.3) is 6.08 Å². The van der Waals surface area contributed by atoms with E-state index in [2.05, 4.69) is 15.5 Å². The fraction of sp³-hybridized carbons (Fsp3) is 0.333. The molecule has 3 aromatic rings. The van der Waals surface area contributed by atoms with Crippen molar-refractivity contribution in [3.63, 3.8) is 0 Å². The summed E-state index contributed by atoms with van der Waals surface area (Å²) in [5.74, 6) is 2.14. The number of nitrogens with zero attached hydrogens (tertiary/aromatic N) is 3. The van der Waals surface area contributed by atoms with E-state index in [9.17, 15) is 9.59 Å². The Balaban J connectivity index is 1.30. The third kappa shape index (κ3) is 6.10. The molecule has 9 heteroatoms. The predicted molar refractivity (Wildman–Crippen MR) is 135 cm³/mol. The van der Waals surface area contributed by atoms with Crippen LogP contribution in [0.2, 0.25) is 0 Å². The molecule has 1 aliphatic rings. The minimum absolute atomic E-state index is 0.0555. The third-order valence-corrected chi connectivity index (χ3v) is 6.25. The van der Waals surface area contributed by atoms with Crippen molar-refractivity contribution >= 4 is 23.7 Å². The number of nitrogens with one attached hydrogen (secondary N) is 1. The zero-order valence-corrected chi connectivity index (χ0v) is 20.7. The van der Waals surface area contributed by atoms with Gasteiger partial charge in [0.05, 0.1) is 18.4 Å². The van der Waals surface area contributed by atoms with Crippen LogP contribution >= 0.6 is 0 Å². The second-order valence-electron chi connectivity index (χ2n) is 8.64. The lowest BCUT2D eigenvalue weighted by atomic mass is 9.96. The van der Waals surface area contributed by atoms with E-state index in [1.165, 1.54) is 0 Å². The van der Waals surface area contributed by atoms with Gasteiger partial charge in [-0.3, -0.25) is 9.59 Å². The molecule has 1 N–H and O–H groups in total. The van der Waals surface area contributed by atoms with Gasteiger partial charge in [0.1, 0.15) is 18.2 Å². The number of benzene rings is 1. The van der Waals surface area contributed by atoms with Crippen molar-refractivity contribution in [1.29, 1.82) is 0 Å². The summed E-state index contributed by atoms with van der Waals surface area (Å²) >= 11 is 0. The molecular formula is C27H30N4O5. The molecule has 2 aromatic heterocycles. The fourth-order valence-electron chi connectivity index (χ4n) is 4.06. The zero-order chi connectivity index (χ0) is 25.5. The van der Waals surface area contributed by atoms with E-state index in [0.717, 1.165) is 22.6 Å². The smallest absolute Gasteiger partial charge is 0.246 e. The summed E-state index contributed by atoms with van der Waals surface area (Å²) in [5, 5.41) is 6.78. The average molecular weight is 491 g/mol. The van der Waals surface area contributed by atoms with Crippen LogP contribution in [-0.2, 0) is 16.2 Å². The van der Waals surface area contributed by atoms with Gasteiger partial charge in [-0.2, -0.15) is 0 Å². The number of likely N-dealkylation sites (tertiary alicyclic amines) is 1. The van der Waals surface area contributed by atoms with Crippen LogP contribution in [0, 0.1) is 19.8 Å². The van der Waals surface area contributed by atoms with Crippen molar-refractivity contribution in [2.45, 2.75) is 33.3 Å². The van der Waals surface area contributed by atoms with Gasteiger partial charge in [-0.05, 0) is 62.6 Å². The van der Waals surface area contributed by atoms with E-state index >= 15 is 0 Å². The Morgan fingerprint density at radius 3 is 2.64 bits per heavy atom. The Morgan fingerprint density at radius 1 is 1.17 bits per heavy atom. The number of aromatic nitrogens is 2. The molecule has 0 saturated carbocycles. The number of methoxy groups -OCH3 is 1. The highest BCUT2D eigenvalue weighted by molar-refractivity contribution is 5.93. The quantitative estimate of drug-likeness (QED) is 0.473. The Labute approximate surface area is 210 Å². The van der Waals surface area contributed by atoms with Crippen molar-refractivity contribution in [2.24, 2.45) is 5.92 Å². The number of rotatable bonds is 8. The van der Waals surface area contributed by atoms with Crippen LogP contribution in [0.4, 0.5) is 5.82 Å². The molecule has 0 bridgehead atoms. The number of hydrogen-bond acceptors (Lipinski definition) is 7. The second kappa shape index (κ2) is 11.5. The van der Waals surface area contributed by atoms with E-state index in [0.29, 0.717) is 49.9 Å². The van der Waals surface area contributed by atoms with E-state index in [1.807, 2.05) is 38.1 Å². The fourth-order valence-corrected chi connectivity index (χ4v) is 4.06. The Morgan fingerprint density at radius 2 is 1.97 bits per heavy atom. The number of ether oxygens (including phenoxy) is 2. The molecule has 1 aliphatic heterocycles. The van der Waals surface area contributed by atoms with Gasteiger partial charge in [-0.15, -0.1) is 0 Å². The predicted octanol–water partition coefficient (Wildman–Crippen LogP) is 4.16. The summed E-state index contributed by atoms with van der Waals surface area (Å²) in [5.41, 5.74) is 2.52. The van der Waals surface area contributed by atoms with Crippen molar-refractivity contribution in [3.8, 4) is 11.5 Å². The van der Waals surface area contributed by atoms with Crippen LogP contribution in [-0.4, -0.2) is 47.1 Å². The molecule has 36 heavy (non-hydrogen) atoms. The molecule has 4 rings (SSSR count). The molecule has 1 fully saturated rings. The highest BCUT2D eigenvalue weighted by Crippen LogP contribution is 2.30. The summed E-state index contributed by atoms with van der Waals surface area (Å²) < 4.78 is 16.6. The molecule has 3 heterocycles. The molecule has 0 spiro atoms. The minimum Gasteiger partial charge on any atom is -0.493 e. The van der Waals surface area contributed by atoms with E-state index in [-0.39, 0.29) is 17.7 Å². The monoisotopic (exact) mass is 490 g/mol. The molecule has 1 aromatic carbocycles. The van der Waals surface area contributed by atoms with Gasteiger partial charge in [-0.1, -0.05) is 17.3 Å². The number of piperidine rings is 1. The van der Waals surface area contributed by atoms with Crippen LogP contribution in [0.5, 0.6) is 11.5 Å². The maximum absolute atomic E-state index is 12.7. The molecule has 0 atom stereocenters. The molecule has 2 amide bonds. The number of hydrogen-bond donors (Lipinski definition) is 1. The normalized spacial score (nSPS) is 14.1. The van der Waals surface area contributed by atoms with Gasteiger partial charge in [0.25, 0.3) is 0 Å². The van der Waals surface area contributed by atoms with Gasteiger partial charge in [-0.25, -0.2) is 4.98 Å². The van der Waals surface area contributed by atoms with Crippen molar-refractivity contribution in [1.82, 2.24) is 15.0 Å². The number of amides is 2. The van der Waals surface area contributed by atoms with Gasteiger partial charge >= 0.3 is 0 Å². The molecular weight excluding hydrogens is 460 g/mol. The van der Waals surface area contributed by atoms with Crippen molar-refractivity contribution in [3.05, 3.63) is 71.3 Å². The molecule has 0 aliphatic carbocycles. The first kappa shape index (κ1) is 25.0. The lowest BCUT2D eigenvalue weighted by Crippen LogP contribution is -2.40. The highest BCUT2D eigenvalue weighted by atomic mass is 16.5. The van der Waals surface area contributed by atoms with Gasteiger partial charge in [0.15, 0.2) is 11.5 Å². The molecule has 1 saturated heterocycles. The van der Waals surface area contributed by atoms with Crippen molar-refractivity contribution < 1.29 is 23.6 Å². The summed E-state index contributed by atoms with van der Waals surface area (Å²) in [6.45, 7) is 5.10. The summed E-state index contributed by atoms with van der Waals surface area (Å²) in [6, 6.07) is 10.9. The van der Waals surface area contributed by atoms with E-state index < -0.39 is 0 Å². The van der Waals surface area contributed by atoms with Crippen molar-refractivity contribution in [2.75, 3.05) is 25.5 Å². The Kier molecular flexibility index (Phi) is 7.99. The summed E-state index contributed by atoms with van der Waals surface area (Å²) in [6.07, 6.45) is 6.17.